The molecule has 0 saturated heterocycles. The molecule has 2 nitrogen and oxygen atoms in total. The van der Waals surface area contributed by atoms with E-state index < -0.39 is 0 Å². The molecule has 0 saturated carbocycles. The standard InChI is InChI=1S/C8H10O2/c1-2-6-3-4-7(9)5-8(6)10/h3-4,6H,2,5H2,1H3. The van der Waals surface area contributed by atoms with Crippen molar-refractivity contribution in [3.05, 3.63) is 12.2 Å². The summed E-state index contributed by atoms with van der Waals surface area (Å²) in [5.41, 5.74) is 0. The van der Waals surface area contributed by atoms with E-state index in [-0.39, 0.29) is 23.9 Å². The van der Waals surface area contributed by atoms with Gasteiger partial charge in [-0.2, -0.15) is 0 Å². The van der Waals surface area contributed by atoms with E-state index >= 15 is 0 Å². The van der Waals surface area contributed by atoms with Crippen LogP contribution in [0.25, 0.3) is 0 Å². The lowest BCUT2D eigenvalue weighted by molar-refractivity contribution is -0.127. The largest absolute Gasteiger partial charge is 0.299 e. The fourth-order valence-electron chi connectivity index (χ4n) is 1.06. The topological polar surface area (TPSA) is 34.1 Å². The van der Waals surface area contributed by atoms with E-state index in [1.165, 1.54) is 6.08 Å². The molecule has 2 heteroatoms. The first kappa shape index (κ1) is 7.19. The van der Waals surface area contributed by atoms with Gasteiger partial charge in [-0.1, -0.05) is 13.0 Å². The Labute approximate surface area is 59.9 Å². The minimum atomic E-state index is -0.0605. The predicted octanol–water partition coefficient (Wildman–Crippen LogP) is 1.11. The van der Waals surface area contributed by atoms with Crippen molar-refractivity contribution in [3.63, 3.8) is 0 Å². The van der Waals surface area contributed by atoms with Gasteiger partial charge in [-0.05, 0) is 12.5 Å². The van der Waals surface area contributed by atoms with Crippen LogP contribution in [0.15, 0.2) is 12.2 Å². The molecule has 0 aromatic carbocycles. The molecule has 1 aliphatic carbocycles. The van der Waals surface area contributed by atoms with Crippen molar-refractivity contribution in [2.24, 2.45) is 5.92 Å². The van der Waals surface area contributed by atoms with Crippen LogP contribution in [-0.2, 0) is 9.59 Å². The van der Waals surface area contributed by atoms with Crippen molar-refractivity contribution in [2.45, 2.75) is 19.8 Å². The molecule has 0 fully saturated rings. The zero-order valence-corrected chi connectivity index (χ0v) is 5.96. The average molecular weight is 138 g/mol. The van der Waals surface area contributed by atoms with Crippen LogP contribution < -0.4 is 0 Å². The fourth-order valence-corrected chi connectivity index (χ4v) is 1.06. The molecule has 0 aromatic heterocycles. The lowest BCUT2D eigenvalue weighted by Gasteiger charge is -2.10. The summed E-state index contributed by atoms with van der Waals surface area (Å²) >= 11 is 0. The Balaban J connectivity index is 2.71. The van der Waals surface area contributed by atoms with E-state index in [2.05, 4.69) is 0 Å². The van der Waals surface area contributed by atoms with Crippen LogP contribution in [-0.4, -0.2) is 11.6 Å². The second kappa shape index (κ2) is 2.78. The molecule has 54 valence electrons. The molecular weight excluding hydrogens is 128 g/mol. The normalized spacial score (nSPS) is 25.5. The Morgan fingerprint density at radius 3 is 2.80 bits per heavy atom. The number of carbonyl (C=O) groups is 2. The Morgan fingerprint density at radius 1 is 1.60 bits per heavy atom. The summed E-state index contributed by atoms with van der Waals surface area (Å²) in [6.45, 7) is 1.95. The molecule has 0 aromatic rings. The highest BCUT2D eigenvalue weighted by molar-refractivity contribution is 6.08. The van der Waals surface area contributed by atoms with Gasteiger partial charge < -0.3 is 0 Å². The molecule has 1 rings (SSSR count). The number of ketones is 2. The highest BCUT2D eigenvalue weighted by atomic mass is 16.1. The van der Waals surface area contributed by atoms with Crippen LogP contribution >= 0.6 is 0 Å². The van der Waals surface area contributed by atoms with Crippen molar-refractivity contribution < 1.29 is 9.59 Å². The average Bonchev–Trinajstić information content (AvgIpc) is 1.88. The van der Waals surface area contributed by atoms with E-state index in [4.69, 9.17) is 0 Å². The van der Waals surface area contributed by atoms with Crippen LogP contribution in [0.3, 0.4) is 0 Å². The molecule has 1 unspecified atom stereocenters. The molecule has 0 heterocycles. The van der Waals surface area contributed by atoms with Crippen molar-refractivity contribution in [3.8, 4) is 0 Å². The van der Waals surface area contributed by atoms with E-state index in [1.54, 1.807) is 6.08 Å². The van der Waals surface area contributed by atoms with Gasteiger partial charge in [0.05, 0.1) is 6.42 Å². The molecule has 0 bridgehead atoms. The van der Waals surface area contributed by atoms with Crippen LogP contribution in [0, 0.1) is 5.92 Å². The summed E-state index contributed by atoms with van der Waals surface area (Å²) in [7, 11) is 0. The van der Waals surface area contributed by atoms with Crippen LogP contribution in [0.5, 0.6) is 0 Å². The third-order valence-electron chi connectivity index (χ3n) is 1.72. The van der Waals surface area contributed by atoms with E-state index in [9.17, 15) is 9.59 Å². The second-order valence-electron chi connectivity index (χ2n) is 2.48. The van der Waals surface area contributed by atoms with Gasteiger partial charge in [0.15, 0.2) is 5.78 Å². The Kier molecular flexibility index (Phi) is 2.00. The smallest absolute Gasteiger partial charge is 0.162 e. The molecule has 1 aliphatic rings. The number of rotatable bonds is 1. The molecule has 0 aliphatic heterocycles. The lowest BCUT2D eigenvalue weighted by Crippen LogP contribution is -2.19. The van der Waals surface area contributed by atoms with Crippen LogP contribution in [0.2, 0.25) is 0 Å². The van der Waals surface area contributed by atoms with Gasteiger partial charge in [-0.3, -0.25) is 9.59 Å². The first-order valence-electron chi connectivity index (χ1n) is 3.47. The van der Waals surface area contributed by atoms with E-state index in [1.807, 2.05) is 6.92 Å². The molecule has 0 radical (unpaired) electrons. The second-order valence-corrected chi connectivity index (χ2v) is 2.48. The quantitative estimate of drug-likeness (QED) is 0.508. The Morgan fingerprint density at radius 2 is 2.30 bits per heavy atom. The fraction of sp³-hybridized carbons (Fsp3) is 0.500. The summed E-state index contributed by atoms with van der Waals surface area (Å²) in [5, 5.41) is 0. The Hall–Kier alpha value is -0.920. The third kappa shape index (κ3) is 1.32. The molecule has 0 amide bonds. The summed E-state index contributed by atoms with van der Waals surface area (Å²) < 4.78 is 0. The zero-order valence-electron chi connectivity index (χ0n) is 5.96. The van der Waals surface area contributed by atoms with Crippen molar-refractivity contribution in [2.75, 3.05) is 0 Å². The van der Waals surface area contributed by atoms with Gasteiger partial charge in [0.1, 0.15) is 5.78 Å². The van der Waals surface area contributed by atoms with Gasteiger partial charge in [0.2, 0.25) is 0 Å². The summed E-state index contributed by atoms with van der Waals surface area (Å²) in [4.78, 5) is 21.6. The van der Waals surface area contributed by atoms with Gasteiger partial charge in [-0.15, -0.1) is 0 Å². The third-order valence-corrected chi connectivity index (χ3v) is 1.72. The van der Waals surface area contributed by atoms with Crippen molar-refractivity contribution >= 4 is 11.6 Å². The monoisotopic (exact) mass is 138 g/mol. The number of allylic oxidation sites excluding steroid dienone is 2. The van der Waals surface area contributed by atoms with Gasteiger partial charge in [0, 0.05) is 5.92 Å². The van der Waals surface area contributed by atoms with Crippen molar-refractivity contribution in [1.82, 2.24) is 0 Å². The number of hydrogen-bond acceptors (Lipinski definition) is 2. The van der Waals surface area contributed by atoms with Gasteiger partial charge >= 0.3 is 0 Å². The van der Waals surface area contributed by atoms with Crippen LogP contribution in [0.1, 0.15) is 19.8 Å². The molecule has 0 spiro atoms. The maximum Gasteiger partial charge on any atom is 0.162 e. The summed E-state index contributed by atoms with van der Waals surface area (Å²) in [5.74, 6) is 0.00222. The highest BCUT2D eigenvalue weighted by Gasteiger charge is 2.19. The van der Waals surface area contributed by atoms with E-state index in [0.717, 1.165) is 6.42 Å². The first-order valence-corrected chi connectivity index (χ1v) is 3.47. The maximum atomic E-state index is 11.0. The predicted molar refractivity (Wildman–Crippen MR) is 37.6 cm³/mol. The number of hydrogen-bond donors (Lipinski definition) is 0. The minimum absolute atomic E-state index is 0.00213. The lowest BCUT2D eigenvalue weighted by atomic mass is 9.92. The van der Waals surface area contributed by atoms with Crippen LogP contribution in [0.4, 0.5) is 0 Å². The molecule has 1 atom stereocenters. The van der Waals surface area contributed by atoms with Gasteiger partial charge in [-0.25, -0.2) is 0 Å². The molecule has 0 N–H and O–H groups in total. The van der Waals surface area contributed by atoms with Crippen molar-refractivity contribution in [1.29, 1.82) is 0 Å². The highest BCUT2D eigenvalue weighted by Crippen LogP contribution is 2.13. The summed E-state index contributed by atoms with van der Waals surface area (Å²) in [6.07, 6.45) is 4.13. The Bertz CT molecular complexity index is 191. The minimum Gasteiger partial charge on any atom is -0.299 e. The number of carbonyl (C=O) groups excluding carboxylic acids is 2. The zero-order chi connectivity index (χ0) is 7.56. The molecule has 10 heavy (non-hydrogen) atoms. The van der Waals surface area contributed by atoms with Gasteiger partial charge in [0.25, 0.3) is 0 Å². The SMILES string of the molecule is CCC1C=CC(=O)CC1=O. The van der Waals surface area contributed by atoms with E-state index in [0.29, 0.717) is 0 Å². The summed E-state index contributed by atoms with van der Waals surface area (Å²) in [6, 6.07) is 0. The molecular formula is C8H10O2. The number of Topliss-reactive ketones (excluding diaryl/α,β-unsaturated/α-hetero) is 1. The maximum absolute atomic E-state index is 11.0. The first-order chi connectivity index (χ1) is 4.74.